The fourth-order valence-corrected chi connectivity index (χ4v) is 4.25. The Morgan fingerprint density at radius 3 is 2.96 bits per heavy atom. The number of hydrogen-bond acceptors (Lipinski definition) is 7. The molecule has 8 heteroatoms. The number of thioether (sulfide) groups is 1. The molecule has 0 unspecified atom stereocenters. The summed E-state index contributed by atoms with van der Waals surface area (Å²) in [4.78, 5) is 4.69. The Labute approximate surface area is 153 Å². The Morgan fingerprint density at radius 2 is 2.12 bits per heavy atom. The minimum absolute atomic E-state index is 0.637. The summed E-state index contributed by atoms with van der Waals surface area (Å²) >= 11 is 9.60. The molecule has 126 valence electrons. The first kappa shape index (κ1) is 17.4. The second-order valence-electron chi connectivity index (χ2n) is 5.10. The lowest BCUT2D eigenvalue weighted by molar-refractivity contribution is 0.211. The highest BCUT2D eigenvalue weighted by atomic mass is 35.5. The van der Waals surface area contributed by atoms with E-state index >= 15 is 0 Å². The van der Waals surface area contributed by atoms with Crippen molar-refractivity contribution in [1.82, 2.24) is 15.2 Å². The van der Waals surface area contributed by atoms with Crippen molar-refractivity contribution in [2.24, 2.45) is 0 Å². The van der Waals surface area contributed by atoms with E-state index in [4.69, 9.17) is 16.3 Å². The van der Waals surface area contributed by atoms with E-state index in [1.54, 1.807) is 18.9 Å². The number of halogens is 1. The molecule has 0 aliphatic carbocycles. The van der Waals surface area contributed by atoms with E-state index in [1.165, 1.54) is 11.3 Å². The van der Waals surface area contributed by atoms with Crippen LogP contribution in [0.25, 0.3) is 10.9 Å². The molecule has 0 aliphatic heterocycles. The smallest absolute Gasteiger partial charge is 0.206 e. The quantitative estimate of drug-likeness (QED) is 0.484. The van der Waals surface area contributed by atoms with Gasteiger partial charge in [0.05, 0.1) is 22.8 Å². The van der Waals surface area contributed by atoms with Gasteiger partial charge in [-0.15, -0.1) is 10.2 Å². The molecule has 0 atom stereocenters. The molecule has 1 N–H and O–H groups in total. The van der Waals surface area contributed by atoms with Gasteiger partial charge in [-0.3, -0.25) is 4.98 Å². The van der Waals surface area contributed by atoms with Gasteiger partial charge < -0.3 is 10.1 Å². The maximum atomic E-state index is 6.49. The highest BCUT2D eigenvalue weighted by Gasteiger charge is 2.12. The zero-order chi connectivity index (χ0) is 16.9. The first-order valence-electron chi connectivity index (χ1n) is 7.42. The molecule has 2 heterocycles. The number of benzene rings is 1. The molecule has 0 radical (unpaired) electrons. The molecule has 0 spiro atoms. The zero-order valence-corrected chi connectivity index (χ0v) is 15.8. The summed E-state index contributed by atoms with van der Waals surface area (Å²) in [6.45, 7) is 3.38. The zero-order valence-electron chi connectivity index (χ0n) is 13.4. The number of aryl methyl sites for hydroxylation is 1. The van der Waals surface area contributed by atoms with Crippen LogP contribution in [0.2, 0.25) is 5.02 Å². The van der Waals surface area contributed by atoms with Gasteiger partial charge in [0.1, 0.15) is 0 Å². The largest absolute Gasteiger partial charge is 0.383 e. The van der Waals surface area contributed by atoms with Crippen LogP contribution in [-0.2, 0) is 10.5 Å². The number of aromatic nitrogens is 3. The lowest BCUT2D eigenvalue weighted by Crippen LogP contribution is -2.06. The third-order valence-corrected chi connectivity index (χ3v) is 5.99. The number of fused-ring (bicyclic) bond motifs is 1. The first-order chi connectivity index (χ1) is 11.7. The number of nitrogens with zero attached hydrogens (tertiary/aromatic N) is 3. The highest BCUT2D eigenvalue weighted by molar-refractivity contribution is 8.00. The van der Waals surface area contributed by atoms with Crippen molar-refractivity contribution in [2.75, 3.05) is 25.6 Å². The Morgan fingerprint density at radius 1 is 1.29 bits per heavy atom. The minimum atomic E-state index is 0.637. The topological polar surface area (TPSA) is 59.9 Å². The summed E-state index contributed by atoms with van der Waals surface area (Å²) < 4.78 is 5.89. The van der Waals surface area contributed by atoms with E-state index < -0.39 is 0 Å². The van der Waals surface area contributed by atoms with Crippen LogP contribution < -0.4 is 5.32 Å². The van der Waals surface area contributed by atoms with E-state index in [0.29, 0.717) is 18.9 Å². The summed E-state index contributed by atoms with van der Waals surface area (Å²) in [5.74, 6) is 0.664. The normalized spacial score (nSPS) is 11.1. The Kier molecular flexibility index (Phi) is 5.89. The Hall–Kier alpha value is -1.41. The van der Waals surface area contributed by atoms with Crippen LogP contribution >= 0.6 is 34.7 Å². The van der Waals surface area contributed by atoms with Crippen LogP contribution in [0, 0.1) is 6.92 Å². The molecule has 0 bridgehead atoms. The lowest BCUT2D eigenvalue weighted by Gasteiger charge is -2.09. The molecular formula is C16H17ClN4OS2. The van der Waals surface area contributed by atoms with Crippen molar-refractivity contribution < 1.29 is 4.74 Å². The molecule has 0 saturated heterocycles. The highest BCUT2D eigenvalue weighted by Crippen LogP contribution is 2.33. The first-order valence-corrected chi connectivity index (χ1v) is 9.60. The molecule has 0 saturated carbocycles. The number of ether oxygens (including phenoxy) is 1. The number of pyridine rings is 1. The van der Waals surface area contributed by atoms with Crippen molar-refractivity contribution in [3.05, 3.63) is 40.5 Å². The van der Waals surface area contributed by atoms with Crippen LogP contribution in [0.5, 0.6) is 0 Å². The number of nitrogens with one attached hydrogen (secondary N) is 1. The van der Waals surface area contributed by atoms with Crippen LogP contribution in [0.15, 0.2) is 28.6 Å². The molecule has 3 rings (SSSR count). The van der Waals surface area contributed by atoms with Crippen LogP contribution in [0.4, 0.5) is 5.13 Å². The van der Waals surface area contributed by atoms with Crippen molar-refractivity contribution in [2.45, 2.75) is 17.0 Å². The summed E-state index contributed by atoms with van der Waals surface area (Å²) in [7, 11) is 1.67. The maximum absolute atomic E-state index is 6.49. The molecule has 2 aromatic heterocycles. The average molecular weight is 381 g/mol. The van der Waals surface area contributed by atoms with E-state index in [0.717, 1.165) is 36.7 Å². The predicted octanol–water partition coefficient (Wildman–Crippen LogP) is 4.40. The van der Waals surface area contributed by atoms with Gasteiger partial charge in [0.15, 0.2) is 4.34 Å². The van der Waals surface area contributed by atoms with Gasteiger partial charge in [0.2, 0.25) is 5.13 Å². The van der Waals surface area contributed by atoms with Gasteiger partial charge in [-0.1, -0.05) is 52.9 Å². The number of methoxy groups -OCH3 is 1. The van der Waals surface area contributed by atoms with Crippen LogP contribution in [0.3, 0.4) is 0 Å². The number of rotatable bonds is 7. The lowest BCUT2D eigenvalue weighted by atomic mass is 10.1. The maximum Gasteiger partial charge on any atom is 0.206 e. The summed E-state index contributed by atoms with van der Waals surface area (Å²) in [5, 5.41) is 14.1. The Balaban J connectivity index is 1.70. The molecule has 0 fully saturated rings. The van der Waals surface area contributed by atoms with Gasteiger partial charge in [0, 0.05) is 24.8 Å². The van der Waals surface area contributed by atoms with Gasteiger partial charge in [0.25, 0.3) is 0 Å². The number of hydrogen-bond donors (Lipinski definition) is 1. The third kappa shape index (κ3) is 3.97. The second-order valence-corrected chi connectivity index (χ2v) is 7.67. The van der Waals surface area contributed by atoms with Crippen molar-refractivity contribution >= 4 is 50.7 Å². The minimum Gasteiger partial charge on any atom is -0.383 e. The van der Waals surface area contributed by atoms with Crippen molar-refractivity contribution in [1.29, 1.82) is 0 Å². The molecule has 24 heavy (non-hydrogen) atoms. The van der Waals surface area contributed by atoms with Gasteiger partial charge in [-0.2, -0.15) is 0 Å². The third-order valence-electron chi connectivity index (χ3n) is 3.47. The SMILES string of the molecule is COCCNc1nnc(SCc2nc3ccccc3c(C)c2Cl)s1. The molecular weight excluding hydrogens is 364 g/mol. The van der Waals surface area contributed by atoms with Crippen molar-refractivity contribution in [3.8, 4) is 0 Å². The Bertz CT molecular complexity index is 840. The number of para-hydroxylation sites is 1. The van der Waals surface area contributed by atoms with E-state index in [-0.39, 0.29) is 0 Å². The molecule has 0 amide bonds. The monoisotopic (exact) mass is 380 g/mol. The summed E-state index contributed by atoms with van der Waals surface area (Å²) in [6, 6.07) is 8.04. The fourth-order valence-electron chi connectivity index (χ4n) is 2.24. The molecule has 5 nitrogen and oxygen atoms in total. The van der Waals surface area contributed by atoms with E-state index in [2.05, 4.69) is 20.5 Å². The number of anilines is 1. The predicted molar refractivity (Wildman–Crippen MR) is 101 cm³/mol. The van der Waals surface area contributed by atoms with Crippen molar-refractivity contribution in [3.63, 3.8) is 0 Å². The molecule has 3 aromatic rings. The fraction of sp³-hybridized carbons (Fsp3) is 0.312. The van der Waals surface area contributed by atoms with Crippen LogP contribution in [-0.4, -0.2) is 35.4 Å². The van der Waals surface area contributed by atoms with E-state index in [9.17, 15) is 0 Å². The van der Waals surface area contributed by atoms with Gasteiger partial charge in [-0.25, -0.2) is 0 Å². The second kappa shape index (κ2) is 8.11. The van der Waals surface area contributed by atoms with Crippen LogP contribution in [0.1, 0.15) is 11.3 Å². The molecule has 0 aliphatic rings. The van der Waals surface area contributed by atoms with Gasteiger partial charge >= 0.3 is 0 Å². The standard InChI is InChI=1S/C16H17ClN4OS2/c1-10-11-5-3-4-6-12(11)19-13(14(10)17)9-23-16-21-20-15(24-16)18-7-8-22-2/h3-6H,7-9H2,1-2H3,(H,18,20). The molecule has 1 aromatic carbocycles. The summed E-state index contributed by atoms with van der Waals surface area (Å²) in [6.07, 6.45) is 0. The van der Waals surface area contributed by atoms with Gasteiger partial charge in [-0.05, 0) is 18.6 Å². The van der Waals surface area contributed by atoms with E-state index in [1.807, 2.05) is 31.2 Å². The average Bonchev–Trinajstić information content (AvgIpc) is 3.05. The summed E-state index contributed by atoms with van der Waals surface area (Å²) in [5.41, 5.74) is 2.91.